The van der Waals surface area contributed by atoms with Crippen molar-refractivity contribution in [2.24, 2.45) is 0 Å². The standard InChI is InChI=1S/C13H9F2NO3/c1-7-4-12(17)9(13(18)19)6-16(7)11-5-8(14)2-3-10(11)15/h2-6H,1H3,(H,18,19). The molecule has 0 saturated heterocycles. The second-order valence-corrected chi connectivity index (χ2v) is 3.96. The van der Waals surface area contributed by atoms with Crippen LogP contribution < -0.4 is 5.43 Å². The van der Waals surface area contributed by atoms with Crippen LogP contribution in [0.25, 0.3) is 5.69 Å². The first-order valence-corrected chi connectivity index (χ1v) is 5.32. The lowest BCUT2D eigenvalue weighted by molar-refractivity contribution is 0.0694. The highest BCUT2D eigenvalue weighted by molar-refractivity contribution is 5.87. The molecule has 2 aromatic rings. The smallest absolute Gasteiger partial charge is 0.341 e. The molecule has 0 aliphatic carbocycles. The van der Waals surface area contributed by atoms with Crippen molar-refractivity contribution in [2.75, 3.05) is 0 Å². The maximum atomic E-state index is 13.7. The molecule has 0 radical (unpaired) electrons. The molecule has 98 valence electrons. The Kier molecular flexibility index (Phi) is 3.16. The van der Waals surface area contributed by atoms with E-state index in [1.165, 1.54) is 6.92 Å². The summed E-state index contributed by atoms with van der Waals surface area (Å²) in [5.41, 5.74) is -1.04. The van der Waals surface area contributed by atoms with Crippen LogP contribution >= 0.6 is 0 Å². The van der Waals surface area contributed by atoms with Crippen molar-refractivity contribution in [3.8, 4) is 5.69 Å². The predicted molar refractivity (Wildman–Crippen MR) is 63.7 cm³/mol. The van der Waals surface area contributed by atoms with E-state index in [-0.39, 0.29) is 5.69 Å². The average molecular weight is 265 g/mol. The number of hydrogen-bond donors (Lipinski definition) is 1. The normalized spacial score (nSPS) is 10.5. The summed E-state index contributed by atoms with van der Waals surface area (Å²) in [6, 6.07) is 3.88. The predicted octanol–water partition coefficient (Wildman–Crippen LogP) is 2.12. The highest BCUT2D eigenvalue weighted by Crippen LogP contribution is 2.16. The van der Waals surface area contributed by atoms with Gasteiger partial charge in [0.25, 0.3) is 0 Å². The Labute approximate surface area is 106 Å². The van der Waals surface area contributed by atoms with Crippen molar-refractivity contribution in [2.45, 2.75) is 6.92 Å². The van der Waals surface area contributed by atoms with E-state index < -0.39 is 28.6 Å². The zero-order chi connectivity index (χ0) is 14.2. The van der Waals surface area contributed by atoms with Gasteiger partial charge in [-0.15, -0.1) is 0 Å². The summed E-state index contributed by atoms with van der Waals surface area (Å²) in [6.07, 6.45) is 0.984. The van der Waals surface area contributed by atoms with Crippen molar-refractivity contribution in [3.05, 3.63) is 63.6 Å². The number of rotatable bonds is 2. The number of carboxylic acid groups (broad SMARTS) is 1. The number of halogens is 2. The molecule has 4 nitrogen and oxygen atoms in total. The van der Waals surface area contributed by atoms with Gasteiger partial charge in [0.05, 0.1) is 5.69 Å². The second kappa shape index (κ2) is 4.64. The van der Waals surface area contributed by atoms with E-state index in [4.69, 9.17) is 5.11 Å². The monoisotopic (exact) mass is 265 g/mol. The number of aromatic nitrogens is 1. The number of carboxylic acids is 1. The third kappa shape index (κ3) is 2.37. The Bertz CT molecular complexity index is 722. The Balaban J connectivity index is 2.75. The fraction of sp³-hybridized carbons (Fsp3) is 0.0769. The second-order valence-electron chi connectivity index (χ2n) is 3.96. The van der Waals surface area contributed by atoms with E-state index in [0.717, 1.165) is 35.0 Å². The molecule has 0 amide bonds. The van der Waals surface area contributed by atoms with Gasteiger partial charge in [0.15, 0.2) is 5.43 Å². The van der Waals surface area contributed by atoms with Crippen LogP contribution in [0.3, 0.4) is 0 Å². The molecule has 0 aliphatic rings. The van der Waals surface area contributed by atoms with Crippen molar-refractivity contribution >= 4 is 5.97 Å². The number of carbonyl (C=O) groups is 1. The number of pyridine rings is 1. The van der Waals surface area contributed by atoms with Gasteiger partial charge in [-0.05, 0) is 19.1 Å². The molecule has 1 heterocycles. The molecule has 1 aromatic heterocycles. The van der Waals surface area contributed by atoms with Crippen molar-refractivity contribution in [3.63, 3.8) is 0 Å². The topological polar surface area (TPSA) is 59.3 Å². The van der Waals surface area contributed by atoms with E-state index in [9.17, 15) is 18.4 Å². The van der Waals surface area contributed by atoms with Crippen LogP contribution in [0.4, 0.5) is 8.78 Å². The summed E-state index contributed by atoms with van der Waals surface area (Å²) in [4.78, 5) is 22.3. The lowest BCUT2D eigenvalue weighted by atomic mass is 10.2. The molecular formula is C13H9F2NO3. The molecule has 19 heavy (non-hydrogen) atoms. The minimum Gasteiger partial charge on any atom is -0.477 e. The molecule has 0 saturated carbocycles. The number of hydrogen-bond acceptors (Lipinski definition) is 2. The van der Waals surface area contributed by atoms with Gasteiger partial charge in [-0.3, -0.25) is 4.79 Å². The molecule has 0 aliphatic heterocycles. The number of benzene rings is 1. The maximum Gasteiger partial charge on any atom is 0.341 e. The summed E-state index contributed by atoms with van der Waals surface area (Å²) in [5, 5.41) is 8.87. The largest absolute Gasteiger partial charge is 0.477 e. The molecule has 0 atom stereocenters. The van der Waals surface area contributed by atoms with Crippen LogP contribution in [-0.4, -0.2) is 15.6 Å². The molecule has 0 unspecified atom stereocenters. The molecule has 1 aromatic carbocycles. The Morgan fingerprint density at radius 2 is 1.95 bits per heavy atom. The quantitative estimate of drug-likeness (QED) is 0.904. The fourth-order valence-electron chi connectivity index (χ4n) is 1.72. The minimum absolute atomic E-state index is 0.153. The number of aromatic carboxylic acids is 1. The van der Waals surface area contributed by atoms with Gasteiger partial charge in [-0.1, -0.05) is 0 Å². The Morgan fingerprint density at radius 1 is 1.26 bits per heavy atom. The molecule has 6 heteroatoms. The summed E-state index contributed by atoms with van der Waals surface area (Å²) in [7, 11) is 0. The lowest BCUT2D eigenvalue weighted by Gasteiger charge is -2.12. The first-order chi connectivity index (χ1) is 8.90. The van der Waals surface area contributed by atoms with Crippen LogP contribution in [0.2, 0.25) is 0 Å². The van der Waals surface area contributed by atoms with Crippen LogP contribution in [-0.2, 0) is 0 Å². The molecule has 2 rings (SSSR count). The van der Waals surface area contributed by atoms with Gasteiger partial charge < -0.3 is 9.67 Å². The first kappa shape index (κ1) is 12.9. The van der Waals surface area contributed by atoms with E-state index >= 15 is 0 Å². The Hall–Kier alpha value is -2.50. The Morgan fingerprint density at radius 3 is 2.58 bits per heavy atom. The van der Waals surface area contributed by atoms with Crippen LogP contribution in [0.5, 0.6) is 0 Å². The van der Waals surface area contributed by atoms with Gasteiger partial charge in [0, 0.05) is 24.0 Å². The first-order valence-electron chi connectivity index (χ1n) is 5.32. The van der Waals surface area contributed by atoms with Crippen LogP contribution in [0, 0.1) is 18.6 Å². The van der Waals surface area contributed by atoms with Gasteiger partial charge in [-0.25, -0.2) is 13.6 Å². The summed E-state index contributed by atoms with van der Waals surface area (Å²) in [6.45, 7) is 1.50. The van der Waals surface area contributed by atoms with Crippen molar-refractivity contribution in [1.82, 2.24) is 4.57 Å². The zero-order valence-electron chi connectivity index (χ0n) is 9.85. The third-order valence-electron chi connectivity index (χ3n) is 2.64. The van der Waals surface area contributed by atoms with E-state index in [0.29, 0.717) is 5.69 Å². The molecule has 0 spiro atoms. The van der Waals surface area contributed by atoms with Gasteiger partial charge in [-0.2, -0.15) is 0 Å². The zero-order valence-corrected chi connectivity index (χ0v) is 9.85. The van der Waals surface area contributed by atoms with Crippen molar-refractivity contribution < 1.29 is 18.7 Å². The summed E-state index contributed by atoms with van der Waals surface area (Å²) < 4.78 is 27.9. The number of nitrogens with zero attached hydrogens (tertiary/aromatic N) is 1. The molecule has 0 fully saturated rings. The summed E-state index contributed by atoms with van der Waals surface area (Å²) >= 11 is 0. The minimum atomic E-state index is -1.42. The van der Waals surface area contributed by atoms with Crippen LogP contribution in [0.15, 0.2) is 35.3 Å². The number of aryl methyl sites for hydroxylation is 1. The van der Waals surface area contributed by atoms with Gasteiger partial charge in [0.1, 0.15) is 17.2 Å². The average Bonchev–Trinajstić information content (AvgIpc) is 2.32. The highest BCUT2D eigenvalue weighted by atomic mass is 19.1. The van der Waals surface area contributed by atoms with E-state index in [1.807, 2.05) is 0 Å². The van der Waals surface area contributed by atoms with Crippen molar-refractivity contribution in [1.29, 1.82) is 0 Å². The fourth-order valence-corrected chi connectivity index (χ4v) is 1.72. The van der Waals surface area contributed by atoms with Gasteiger partial charge >= 0.3 is 5.97 Å². The third-order valence-corrected chi connectivity index (χ3v) is 2.64. The SMILES string of the molecule is Cc1cc(=O)c(C(=O)O)cn1-c1cc(F)ccc1F. The lowest BCUT2D eigenvalue weighted by Crippen LogP contribution is -2.18. The van der Waals surface area contributed by atoms with E-state index in [1.54, 1.807) is 0 Å². The maximum absolute atomic E-state index is 13.7. The molecule has 0 bridgehead atoms. The van der Waals surface area contributed by atoms with Crippen LogP contribution in [0.1, 0.15) is 16.1 Å². The molecular weight excluding hydrogens is 256 g/mol. The van der Waals surface area contributed by atoms with E-state index in [2.05, 4.69) is 0 Å². The summed E-state index contributed by atoms with van der Waals surface area (Å²) in [5.74, 6) is -2.80. The highest BCUT2D eigenvalue weighted by Gasteiger charge is 2.14. The molecule has 1 N–H and O–H groups in total. The van der Waals surface area contributed by atoms with Gasteiger partial charge in [0.2, 0.25) is 0 Å².